The maximum Gasteiger partial charge on any atom is 0.326 e. The van der Waals surface area contributed by atoms with Crippen LogP contribution in [0.3, 0.4) is 0 Å². The molecule has 3 aromatic carbocycles. The zero-order valence-electron chi connectivity index (χ0n) is 25.0. The minimum atomic E-state index is -1.16. The first-order valence-electron chi connectivity index (χ1n) is 14.5. The smallest absolute Gasteiger partial charge is 0.326 e. The van der Waals surface area contributed by atoms with Gasteiger partial charge in [-0.1, -0.05) is 98.8 Å². The van der Waals surface area contributed by atoms with Gasteiger partial charge in [-0.3, -0.25) is 9.59 Å². The Morgan fingerprint density at radius 1 is 0.791 bits per heavy atom. The predicted molar refractivity (Wildman–Crippen MR) is 165 cm³/mol. The third kappa shape index (κ3) is 11.3. The van der Waals surface area contributed by atoms with E-state index in [0.29, 0.717) is 13.0 Å². The number of carbonyl (C=O) groups is 4. The third-order valence-corrected chi connectivity index (χ3v) is 6.79. The summed E-state index contributed by atoms with van der Waals surface area (Å²) in [6.45, 7) is 5.81. The van der Waals surface area contributed by atoms with Gasteiger partial charge in [-0.15, -0.1) is 0 Å². The predicted octanol–water partition coefficient (Wildman–Crippen LogP) is 4.56. The van der Waals surface area contributed by atoms with Crippen LogP contribution in [-0.2, 0) is 32.0 Å². The molecule has 43 heavy (non-hydrogen) atoms. The molecular weight excluding hydrogens is 546 g/mol. The largest absolute Gasteiger partial charge is 0.480 e. The van der Waals surface area contributed by atoms with Gasteiger partial charge in [-0.05, 0) is 34.6 Å². The van der Waals surface area contributed by atoms with Gasteiger partial charge in [-0.25, -0.2) is 9.59 Å². The van der Waals surface area contributed by atoms with E-state index in [1.165, 1.54) is 11.8 Å². The molecule has 0 aliphatic rings. The van der Waals surface area contributed by atoms with Crippen LogP contribution in [0.4, 0.5) is 4.79 Å². The SMILES string of the molecule is CC(=O)NCCOC(=O)[C@@H](Cc1ccccc1)CN(CC(C)C)C(=O)N[C@@H](Cc1ccc(-c2ccccc2)cc1)C(=O)O. The molecule has 3 rings (SSSR count). The Bertz CT molecular complexity index is 1330. The minimum absolute atomic E-state index is 0.00420. The lowest BCUT2D eigenvalue weighted by Crippen LogP contribution is -2.51. The fraction of sp³-hybridized carbons (Fsp3) is 0.353. The number of rotatable bonds is 15. The number of esters is 1. The zero-order valence-corrected chi connectivity index (χ0v) is 25.0. The number of carbonyl (C=O) groups excluding carboxylic acids is 3. The summed E-state index contributed by atoms with van der Waals surface area (Å²) in [5.41, 5.74) is 3.74. The van der Waals surface area contributed by atoms with E-state index in [2.05, 4.69) is 10.6 Å². The molecule has 9 heteroatoms. The highest BCUT2D eigenvalue weighted by Crippen LogP contribution is 2.20. The number of nitrogens with one attached hydrogen (secondary N) is 2. The number of hydrogen-bond acceptors (Lipinski definition) is 5. The van der Waals surface area contributed by atoms with Crippen LogP contribution >= 0.6 is 0 Å². The van der Waals surface area contributed by atoms with Crippen molar-refractivity contribution in [1.82, 2.24) is 15.5 Å². The van der Waals surface area contributed by atoms with Crippen molar-refractivity contribution in [1.29, 1.82) is 0 Å². The quantitative estimate of drug-likeness (QED) is 0.177. The second-order valence-electron chi connectivity index (χ2n) is 10.9. The molecule has 0 aliphatic carbocycles. The first-order valence-corrected chi connectivity index (χ1v) is 14.5. The van der Waals surface area contributed by atoms with E-state index >= 15 is 0 Å². The number of carboxylic acid groups (broad SMARTS) is 1. The van der Waals surface area contributed by atoms with E-state index in [0.717, 1.165) is 22.3 Å². The Morgan fingerprint density at radius 3 is 1.95 bits per heavy atom. The highest BCUT2D eigenvalue weighted by molar-refractivity contribution is 5.83. The van der Waals surface area contributed by atoms with Gasteiger partial charge in [-0.2, -0.15) is 0 Å². The number of aliphatic carboxylic acids is 1. The van der Waals surface area contributed by atoms with Crippen molar-refractivity contribution in [3.8, 4) is 11.1 Å². The number of urea groups is 1. The summed E-state index contributed by atoms with van der Waals surface area (Å²) in [5, 5.41) is 15.2. The van der Waals surface area contributed by atoms with Crippen LogP contribution in [0.2, 0.25) is 0 Å². The number of ether oxygens (including phenoxy) is 1. The molecular formula is C34H41N3O6. The first kappa shape index (κ1) is 32.8. The van der Waals surface area contributed by atoms with Gasteiger partial charge < -0.3 is 25.4 Å². The second kappa shape index (κ2) is 16.7. The van der Waals surface area contributed by atoms with E-state index in [1.54, 1.807) is 0 Å². The van der Waals surface area contributed by atoms with Crippen molar-refractivity contribution in [2.24, 2.45) is 11.8 Å². The van der Waals surface area contributed by atoms with Gasteiger partial charge >= 0.3 is 18.0 Å². The van der Waals surface area contributed by atoms with Crippen molar-refractivity contribution < 1.29 is 29.0 Å². The molecule has 9 nitrogen and oxygen atoms in total. The first-order chi connectivity index (χ1) is 20.6. The van der Waals surface area contributed by atoms with Crippen LogP contribution in [-0.4, -0.2) is 66.2 Å². The van der Waals surface area contributed by atoms with Crippen LogP contribution in [0.15, 0.2) is 84.9 Å². The topological polar surface area (TPSA) is 125 Å². The fourth-order valence-electron chi connectivity index (χ4n) is 4.70. The number of amides is 3. The highest BCUT2D eigenvalue weighted by Gasteiger charge is 2.29. The lowest BCUT2D eigenvalue weighted by Gasteiger charge is -2.30. The average Bonchev–Trinajstić information content (AvgIpc) is 2.99. The second-order valence-corrected chi connectivity index (χ2v) is 10.9. The Kier molecular flexibility index (Phi) is 12.8. The van der Waals surface area contributed by atoms with Crippen molar-refractivity contribution in [2.75, 3.05) is 26.2 Å². The van der Waals surface area contributed by atoms with Crippen LogP contribution in [0.1, 0.15) is 31.9 Å². The van der Waals surface area contributed by atoms with Gasteiger partial charge in [0.05, 0.1) is 12.5 Å². The molecule has 0 aromatic heterocycles. The molecule has 0 saturated heterocycles. The molecule has 3 N–H and O–H groups in total. The maximum absolute atomic E-state index is 13.5. The molecule has 0 bridgehead atoms. The van der Waals surface area contributed by atoms with Crippen LogP contribution < -0.4 is 10.6 Å². The summed E-state index contributed by atoms with van der Waals surface area (Å²) in [6.07, 6.45) is 0.433. The molecule has 0 radical (unpaired) electrons. The van der Waals surface area contributed by atoms with Gasteiger partial charge in [0, 0.05) is 26.4 Å². The Hall–Kier alpha value is -4.66. The van der Waals surface area contributed by atoms with Crippen molar-refractivity contribution in [2.45, 2.75) is 39.7 Å². The summed E-state index contributed by atoms with van der Waals surface area (Å²) in [6, 6.07) is 25.1. The van der Waals surface area contributed by atoms with Crippen molar-refractivity contribution in [3.05, 3.63) is 96.1 Å². The van der Waals surface area contributed by atoms with E-state index in [9.17, 15) is 24.3 Å². The molecule has 3 amide bonds. The van der Waals surface area contributed by atoms with E-state index in [1.807, 2.05) is 98.8 Å². The lowest BCUT2D eigenvalue weighted by molar-refractivity contribution is -0.149. The van der Waals surface area contributed by atoms with Crippen LogP contribution in [0.5, 0.6) is 0 Å². The third-order valence-electron chi connectivity index (χ3n) is 6.79. The van der Waals surface area contributed by atoms with E-state index < -0.39 is 29.9 Å². The average molecular weight is 588 g/mol. The summed E-state index contributed by atoms with van der Waals surface area (Å²) in [4.78, 5) is 51.5. The van der Waals surface area contributed by atoms with Gasteiger partial charge in [0.1, 0.15) is 12.6 Å². The number of benzene rings is 3. The molecule has 0 unspecified atom stereocenters. The van der Waals surface area contributed by atoms with E-state index in [4.69, 9.17) is 4.74 Å². The molecule has 0 aliphatic heterocycles. The van der Waals surface area contributed by atoms with Gasteiger partial charge in [0.25, 0.3) is 0 Å². The van der Waals surface area contributed by atoms with Crippen molar-refractivity contribution >= 4 is 23.9 Å². The Morgan fingerprint density at radius 2 is 1.37 bits per heavy atom. The van der Waals surface area contributed by atoms with Crippen LogP contribution in [0.25, 0.3) is 11.1 Å². The molecule has 0 spiro atoms. The summed E-state index contributed by atoms with van der Waals surface area (Å²) >= 11 is 0. The molecule has 228 valence electrons. The van der Waals surface area contributed by atoms with Gasteiger partial charge in [0.2, 0.25) is 5.91 Å². The van der Waals surface area contributed by atoms with Crippen molar-refractivity contribution in [3.63, 3.8) is 0 Å². The maximum atomic E-state index is 13.5. The summed E-state index contributed by atoms with van der Waals surface area (Å²) in [5.74, 6) is -2.50. The number of hydrogen-bond donors (Lipinski definition) is 3. The minimum Gasteiger partial charge on any atom is -0.480 e. The monoisotopic (exact) mass is 587 g/mol. The molecule has 0 saturated carbocycles. The molecule has 2 atom stereocenters. The molecule has 0 fully saturated rings. The highest BCUT2D eigenvalue weighted by atomic mass is 16.5. The van der Waals surface area contributed by atoms with Gasteiger partial charge in [0.15, 0.2) is 0 Å². The zero-order chi connectivity index (χ0) is 31.2. The normalized spacial score (nSPS) is 12.2. The molecule has 3 aromatic rings. The number of carboxylic acids is 1. The van der Waals surface area contributed by atoms with Crippen LogP contribution in [0, 0.1) is 11.8 Å². The fourth-order valence-corrected chi connectivity index (χ4v) is 4.70. The van der Waals surface area contributed by atoms with E-state index in [-0.39, 0.29) is 37.9 Å². The Labute approximate surface area is 253 Å². The summed E-state index contributed by atoms with van der Waals surface area (Å²) in [7, 11) is 0. The summed E-state index contributed by atoms with van der Waals surface area (Å²) < 4.78 is 5.45. The Balaban J connectivity index is 1.73. The molecule has 0 heterocycles. The number of nitrogens with zero attached hydrogens (tertiary/aromatic N) is 1. The standard InChI is InChI=1S/C34H41N3O6/c1-24(2)22-37(23-30(20-26-10-6-4-7-11-26)33(41)43-19-18-35-25(3)38)34(42)36-31(32(39)40)21-27-14-16-29(17-15-27)28-12-8-5-9-13-28/h4-17,24,30-31H,18-23H2,1-3H3,(H,35,38)(H,36,42)(H,39,40)/t30-,31-/m0/s1. The lowest BCUT2D eigenvalue weighted by atomic mass is 9.98.